The monoisotopic (exact) mass is 227 g/mol. The summed E-state index contributed by atoms with van der Waals surface area (Å²) in [7, 11) is 2.90. The Hall–Kier alpha value is -1.62. The fourth-order valence-corrected chi connectivity index (χ4v) is 1.27. The summed E-state index contributed by atoms with van der Waals surface area (Å²) in [6.45, 7) is -0.220. The number of benzene rings is 1. The summed E-state index contributed by atoms with van der Waals surface area (Å²) in [4.78, 5) is 12.7. The molecule has 0 aromatic heterocycles. The first kappa shape index (κ1) is 12.4. The van der Waals surface area contributed by atoms with Crippen LogP contribution in [0.15, 0.2) is 18.2 Å². The van der Waals surface area contributed by atoms with Gasteiger partial charge in [-0.2, -0.15) is 0 Å². The number of ether oxygens (including phenoxy) is 1. The van der Waals surface area contributed by atoms with Crippen molar-refractivity contribution in [2.45, 2.75) is 6.42 Å². The van der Waals surface area contributed by atoms with E-state index in [2.05, 4.69) is 0 Å². The molecule has 1 amide bonds. The molecular weight excluding hydrogens is 213 g/mol. The van der Waals surface area contributed by atoms with Gasteiger partial charge < -0.3 is 14.7 Å². The summed E-state index contributed by atoms with van der Waals surface area (Å²) in [5, 5.41) is 8.63. The molecule has 88 valence electrons. The van der Waals surface area contributed by atoms with E-state index in [-0.39, 0.29) is 24.7 Å². The molecule has 0 unspecified atom stereocenters. The van der Waals surface area contributed by atoms with Gasteiger partial charge in [-0.05, 0) is 12.1 Å². The second-order valence-electron chi connectivity index (χ2n) is 3.25. The number of amides is 1. The third-order valence-corrected chi connectivity index (χ3v) is 2.22. The number of nitrogens with zero attached hydrogens (tertiary/aromatic N) is 1. The van der Waals surface area contributed by atoms with Crippen LogP contribution < -0.4 is 9.64 Å². The van der Waals surface area contributed by atoms with E-state index in [1.54, 1.807) is 6.07 Å². The minimum atomic E-state index is -0.524. The highest BCUT2D eigenvalue weighted by atomic mass is 19.1. The molecular formula is C11H14FNO3. The standard InChI is InChI=1S/C11H14FNO3/c1-13(11(15)5-6-14)8-3-4-10(16-2)9(12)7-8/h3-4,7,14H,5-6H2,1-2H3. The number of hydrogen-bond donors (Lipinski definition) is 1. The van der Waals surface area contributed by atoms with Crippen molar-refractivity contribution in [1.82, 2.24) is 0 Å². The molecule has 0 aliphatic rings. The van der Waals surface area contributed by atoms with Gasteiger partial charge in [-0.3, -0.25) is 4.79 Å². The molecule has 0 spiro atoms. The Morgan fingerprint density at radius 3 is 2.75 bits per heavy atom. The predicted octanol–water partition coefficient (Wildman–Crippen LogP) is 1.18. The molecule has 0 heterocycles. The van der Waals surface area contributed by atoms with Crippen LogP contribution in [0.4, 0.5) is 10.1 Å². The first-order valence-electron chi connectivity index (χ1n) is 4.81. The summed E-state index contributed by atoms with van der Waals surface area (Å²) in [6, 6.07) is 4.25. The first-order valence-corrected chi connectivity index (χ1v) is 4.81. The summed E-state index contributed by atoms with van der Waals surface area (Å²) < 4.78 is 18.1. The molecule has 1 aromatic rings. The molecule has 0 radical (unpaired) electrons. The van der Waals surface area contributed by atoms with Crippen LogP contribution >= 0.6 is 0 Å². The largest absolute Gasteiger partial charge is 0.494 e. The highest BCUT2D eigenvalue weighted by molar-refractivity contribution is 5.92. The van der Waals surface area contributed by atoms with E-state index >= 15 is 0 Å². The van der Waals surface area contributed by atoms with Crippen LogP contribution in [0.5, 0.6) is 5.75 Å². The number of methoxy groups -OCH3 is 1. The van der Waals surface area contributed by atoms with Gasteiger partial charge in [-0.25, -0.2) is 4.39 Å². The predicted molar refractivity (Wildman–Crippen MR) is 58.1 cm³/mol. The fraction of sp³-hybridized carbons (Fsp3) is 0.364. The number of aliphatic hydroxyl groups excluding tert-OH is 1. The molecule has 0 atom stereocenters. The Kier molecular flexibility index (Phi) is 4.25. The zero-order valence-electron chi connectivity index (χ0n) is 9.24. The second-order valence-corrected chi connectivity index (χ2v) is 3.25. The van der Waals surface area contributed by atoms with E-state index in [0.717, 1.165) is 0 Å². The van der Waals surface area contributed by atoms with Crippen molar-refractivity contribution in [2.75, 3.05) is 25.7 Å². The van der Waals surface area contributed by atoms with Gasteiger partial charge in [0.2, 0.25) is 5.91 Å². The Labute approximate surface area is 93.3 Å². The van der Waals surface area contributed by atoms with E-state index in [1.807, 2.05) is 0 Å². The SMILES string of the molecule is COc1ccc(N(C)C(=O)CCO)cc1F. The van der Waals surface area contributed by atoms with Crippen LogP contribution in [0.1, 0.15) is 6.42 Å². The Balaban J connectivity index is 2.88. The maximum Gasteiger partial charge on any atom is 0.229 e. The van der Waals surface area contributed by atoms with E-state index in [0.29, 0.717) is 5.69 Å². The van der Waals surface area contributed by atoms with E-state index < -0.39 is 5.82 Å². The number of halogens is 1. The molecule has 0 saturated heterocycles. The van der Waals surface area contributed by atoms with Crippen molar-refractivity contribution in [3.05, 3.63) is 24.0 Å². The molecule has 1 aromatic carbocycles. The van der Waals surface area contributed by atoms with Gasteiger partial charge in [0.15, 0.2) is 11.6 Å². The molecule has 16 heavy (non-hydrogen) atoms. The Morgan fingerprint density at radius 1 is 1.56 bits per heavy atom. The van der Waals surface area contributed by atoms with Crippen LogP contribution in [0, 0.1) is 5.82 Å². The summed E-state index contributed by atoms with van der Waals surface area (Å²) in [5.41, 5.74) is 0.428. The van der Waals surface area contributed by atoms with Gasteiger partial charge in [0, 0.05) is 18.8 Å². The number of hydrogen-bond acceptors (Lipinski definition) is 3. The normalized spacial score (nSPS) is 10.0. The minimum absolute atomic E-state index is 0.0180. The van der Waals surface area contributed by atoms with Crippen molar-refractivity contribution in [2.24, 2.45) is 0 Å². The molecule has 0 aliphatic heterocycles. The van der Waals surface area contributed by atoms with Gasteiger partial charge in [-0.15, -0.1) is 0 Å². The van der Waals surface area contributed by atoms with Crippen LogP contribution in [-0.2, 0) is 4.79 Å². The maximum atomic E-state index is 13.3. The van der Waals surface area contributed by atoms with Crippen molar-refractivity contribution < 1.29 is 19.0 Å². The van der Waals surface area contributed by atoms with Crippen LogP contribution in [0.25, 0.3) is 0 Å². The zero-order valence-corrected chi connectivity index (χ0v) is 9.24. The molecule has 0 aliphatic carbocycles. The molecule has 1 N–H and O–H groups in total. The number of carbonyl (C=O) groups excluding carboxylic acids is 1. The molecule has 4 nitrogen and oxygen atoms in total. The summed E-state index contributed by atoms with van der Waals surface area (Å²) in [6.07, 6.45) is 0.0180. The number of rotatable bonds is 4. The zero-order chi connectivity index (χ0) is 12.1. The van der Waals surface area contributed by atoms with Crippen molar-refractivity contribution in [3.63, 3.8) is 0 Å². The Bertz CT molecular complexity index is 381. The highest BCUT2D eigenvalue weighted by Crippen LogP contribution is 2.23. The van der Waals surface area contributed by atoms with Crippen LogP contribution in [0.2, 0.25) is 0 Å². The first-order chi connectivity index (χ1) is 7.60. The van der Waals surface area contributed by atoms with E-state index in [4.69, 9.17) is 9.84 Å². The smallest absolute Gasteiger partial charge is 0.229 e. The lowest BCUT2D eigenvalue weighted by molar-refractivity contribution is -0.118. The van der Waals surface area contributed by atoms with Gasteiger partial charge in [-0.1, -0.05) is 0 Å². The number of carbonyl (C=O) groups is 1. The van der Waals surface area contributed by atoms with Crippen molar-refractivity contribution in [1.29, 1.82) is 0 Å². The van der Waals surface area contributed by atoms with Crippen LogP contribution in [0.3, 0.4) is 0 Å². The fourth-order valence-electron chi connectivity index (χ4n) is 1.27. The third kappa shape index (κ3) is 2.70. The molecule has 0 fully saturated rings. The van der Waals surface area contributed by atoms with E-state index in [1.165, 1.54) is 31.2 Å². The quantitative estimate of drug-likeness (QED) is 0.840. The highest BCUT2D eigenvalue weighted by Gasteiger charge is 2.12. The van der Waals surface area contributed by atoms with Gasteiger partial charge in [0.25, 0.3) is 0 Å². The minimum Gasteiger partial charge on any atom is -0.494 e. The lowest BCUT2D eigenvalue weighted by Gasteiger charge is -2.17. The van der Waals surface area contributed by atoms with E-state index in [9.17, 15) is 9.18 Å². The maximum absolute atomic E-state index is 13.3. The van der Waals surface area contributed by atoms with Crippen molar-refractivity contribution >= 4 is 11.6 Å². The molecule has 5 heteroatoms. The summed E-state index contributed by atoms with van der Waals surface area (Å²) in [5.74, 6) is -0.664. The topological polar surface area (TPSA) is 49.8 Å². The van der Waals surface area contributed by atoms with Gasteiger partial charge >= 0.3 is 0 Å². The lowest BCUT2D eigenvalue weighted by Crippen LogP contribution is -2.26. The van der Waals surface area contributed by atoms with Crippen LogP contribution in [-0.4, -0.2) is 31.8 Å². The number of aliphatic hydroxyl groups is 1. The third-order valence-electron chi connectivity index (χ3n) is 2.22. The average Bonchev–Trinajstić information content (AvgIpc) is 2.28. The second kappa shape index (κ2) is 5.46. The molecule has 1 rings (SSSR count). The number of anilines is 1. The van der Waals surface area contributed by atoms with Gasteiger partial charge in [0.1, 0.15) is 0 Å². The molecule has 0 bridgehead atoms. The van der Waals surface area contributed by atoms with Crippen molar-refractivity contribution in [3.8, 4) is 5.75 Å². The average molecular weight is 227 g/mol. The summed E-state index contributed by atoms with van der Waals surface area (Å²) >= 11 is 0. The molecule has 0 saturated carbocycles. The lowest BCUT2D eigenvalue weighted by atomic mass is 10.2. The van der Waals surface area contributed by atoms with Gasteiger partial charge in [0.05, 0.1) is 20.1 Å². The Morgan fingerprint density at radius 2 is 2.25 bits per heavy atom.